The summed E-state index contributed by atoms with van der Waals surface area (Å²) in [6.45, 7) is 6.06. The van der Waals surface area contributed by atoms with Gasteiger partial charge in [0.15, 0.2) is 0 Å². The van der Waals surface area contributed by atoms with E-state index < -0.39 is 0 Å². The van der Waals surface area contributed by atoms with Crippen LogP contribution in [0.25, 0.3) is 10.1 Å². The summed E-state index contributed by atoms with van der Waals surface area (Å²) in [5.41, 5.74) is -0.199. The summed E-state index contributed by atoms with van der Waals surface area (Å²) in [7, 11) is 0. The zero-order chi connectivity index (χ0) is 13.3. The Bertz CT molecular complexity index is 592. The molecular weight excluding hydrogens is 268 g/mol. The van der Waals surface area contributed by atoms with Gasteiger partial charge in [-0.15, -0.1) is 11.3 Å². The van der Waals surface area contributed by atoms with E-state index in [1.165, 1.54) is 11.3 Å². The third-order valence-electron chi connectivity index (χ3n) is 2.96. The van der Waals surface area contributed by atoms with Crippen molar-refractivity contribution in [1.82, 2.24) is 10.3 Å². The second-order valence-electron chi connectivity index (χ2n) is 4.84. The smallest absolute Gasteiger partial charge is 0.261 e. The molecule has 3 nitrogen and oxygen atoms in total. The molecule has 0 radical (unpaired) electrons. The SMILES string of the molecule is CCC(C)(C)NC(=O)c1cc2c(Cl)cncc2s1. The predicted octanol–water partition coefficient (Wildman–Crippen LogP) is 3.87. The van der Waals surface area contributed by atoms with Crippen molar-refractivity contribution in [3.8, 4) is 0 Å². The molecule has 2 rings (SSSR count). The summed E-state index contributed by atoms with van der Waals surface area (Å²) in [6, 6.07) is 1.82. The fourth-order valence-electron chi connectivity index (χ4n) is 1.50. The first kappa shape index (κ1) is 13.3. The van der Waals surface area contributed by atoms with Crippen LogP contribution in [0.2, 0.25) is 5.02 Å². The minimum atomic E-state index is -0.199. The quantitative estimate of drug-likeness (QED) is 0.928. The summed E-state index contributed by atoms with van der Waals surface area (Å²) in [6.07, 6.45) is 4.20. The van der Waals surface area contributed by atoms with E-state index in [1.807, 2.05) is 26.8 Å². The van der Waals surface area contributed by atoms with Crippen molar-refractivity contribution in [2.45, 2.75) is 32.7 Å². The van der Waals surface area contributed by atoms with E-state index in [-0.39, 0.29) is 11.4 Å². The van der Waals surface area contributed by atoms with Gasteiger partial charge in [-0.3, -0.25) is 9.78 Å². The van der Waals surface area contributed by atoms with E-state index in [4.69, 9.17) is 11.6 Å². The Morgan fingerprint density at radius 3 is 2.83 bits per heavy atom. The molecule has 0 saturated carbocycles. The van der Waals surface area contributed by atoms with Crippen LogP contribution < -0.4 is 5.32 Å². The number of halogens is 1. The van der Waals surface area contributed by atoms with Crippen LogP contribution in [0.4, 0.5) is 0 Å². The van der Waals surface area contributed by atoms with Crippen molar-refractivity contribution in [2.75, 3.05) is 0 Å². The van der Waals surface area contributed by atoms with Crippen LogP contribution in [0.3, 0.4) is 0 Å². The monoisotopic (exact) mass is 282 g/mol. The number of nitrogens with zero attached hydrogens (tertiary/aromatic N) is 1. The minimum Gasteiger partial charge on any atom is -0.346 e. The van der Waals surface area contributed by atoms with Crippen LogP contribution >= 0.6 is 22.9 Å². The van der Waals surface area contributed by atoms with E-state index in [0.29, 0.717) is 9.90 Å². The molecule has 0 saturated heterocycles. The van der Waals surface area contributed by atoms with Crippen molar-refractivity contribution in [2.24, 2.45) is 0 Å². The first-order valence-electron chi connectivity index (χ1n) is 5.78. The average molecular weight is 283 g/mol. The Morgan fingerprint density at radius 2 is 2.22 bits per heavy atom. The van der Waals surface area contributed by atoms with Gasteiger partial charge in [0, 0.05) is 23.3 Å². The zero-order valence-electron chi connectivity index (χ0n) is 10.6. The van der Waals surface area contributed by atoms with Crippen LogP contribution in [0.15, 0.2) is 18.5 Å². The number of carbonyl (C=O) groups excluding carboxylic acids is 1. The van der Waals surface area contributed by atoms with Gasteiger partial charge in [-0.25, -0.2) is 0 Å². The lowest BCUT2D eigenvalue weighted by Gasteiger charge is -2.23. The van der Waals surface area contributed by atoms with Gasteiger partial charge in [0.2, 0.25) is 0 Å². The van der Waals surface area contributed by atoms with Crippen LogP contribution in [0, 0.1) is 0 Å². The predicted molar refractivity (Wildman–Crippen MR) is 76.5 cm³/mol. The molecule has 18 heavy (non-hydrogen) atoms. The molecule has 0 unspecified atom stereocenters. The Hall–Kier alpha value is -1.13. The van der Waals surface area contributed by atoms with Gasteiger partial charge in [0.25, 0.3) is 5.91 Å². The average Bonchev–Trinajstić information content (AvgIpc) is 2.74. The Balaban J connectivity index is 2.32. The normalized spacial score (nSPS) is 11.8. The molecule has 0 bridgehead atoms. The van der Waals surface area contributed by atoms with E-state index in [2.05, 4.69) is 10.3 Å². The summed E-state index contributed by atoms with van der Waals surface area (Å²) in [5, 5.41) is 4.48. The second kappa shape index (κ2) is 4.86. The van der Waals surface area contributed by atoms with Crippen molar-refractivity contribution in [3.63, 3.8) is 0 Å². The molecular formula is C13H15ClN2OS. The van der Waals surface area contributed by atoms with Gasteiger partial charge in [0.05, 0.1) is 14.6 Å². The molecule has 5 heteroatoms. The standard InChI is InChI=1S/C13H15ClN2OS/c1-4-13(2,3)16-12(17)10-5-8-9(14)6-15-7-11(8)18-10/h5-7H,4H2,1-3H3,(H,16,17). The van der Waals surface area contributed by atoms with Crippen molar-refractivity contribution in [3.05, 3.63) is 28.4 Å². The summed E-state index contributed by atoms with van der Waals surface area (Å²) >= 11 is 7.46. The molecule has 2 heterocycles. The number of fused-ring (bicyclic) bond motifs is 1. The number of rotatable bonds is 3. The topological polar surface area (TPSA) is 42.0 Å². The molecule has 96 valence electrons. The molecule has 0 atom stereocenters. The highest BCUT2D eigenvalue weighted by Gasteiger charge is 2.20. The number of hydrogen-bond donors (Lipinski definition) is 1. The van der Waals surface area contributed by atoms with Crippen molar-refractivity contribution >= 4 is 38.9 Å². The molecule has 2 aromatic heterocycles. The number of carbonyl (C=O) groups is 1. The van der Waals surface area contributed by atoms with E-state index in [9.17, 15) is 4.79 Å². The van der Waals surface area contributed by atoms with E-state index in [1.54, 1.807) is 12.4 Å². The lowest BCUT2D eigenvalue weighted by Crippen LogP contribution is -2.42. The number of pyridine rings is 1. The minimum absolute atomic E-state index is 0.0564. The van der Waals surface area contributed by atoms with Crippen molar-refractivity contribution < 1.29 is 4.79 Å². The summed E-state index contributed by atoms with van der Waals surface area (Å²) in [5.74, 6) is -0.0564. The van der Waals surface area contributed by atoms with Gasteiger partial charge in [-0.1, -0.05) is 18.5 Å². The Morgan fingerprint density at radius 1 is 1.50 bits per heavy atom. The molecule has 2 aromatic rings. The van der Waals surface area contributed by atoms with Gasteiger partial charge in [-0.2, -0.15) is 0 Å². The molecule has 0 aliphatic carbocycles. The molecule has 0 aliphatic heterocycles. The van der Waals surface area contributed by atoms with Crippen molar-refractivity contribution in [1.29, 1.82) is 0 Å². The highest BCUT2D eigenvalue weighted by molar-refractivity contribution is 7.20. The number of amides is 1. The second-order valence-corrected chi connectivity index (χ2v) is 6.33. The van der Waals surface area contributed by atoms with Crippen LogP contribution in [0.5, 0.6) is 0 Å². The first-order chi connectivity index (χ1) is 8.43. The van der Waals surface area contributed by atoms with Crippen LogP contribution in [0.1, 0.15) is 36.9 Å². The summed E-state index contributed by atoms with van der Waals surface area (Å²) < 4.78 is 0.932. The third kappa shape index (κ3) is 2.65. The fourth-order valence-corrected chi connectivity index (χ4v) is 2.72. The molecule has 0 spiro atoms. The number of hydrogen-bond acceptors (Lipinski definition) is 3. The maximum atomic E-state index is 12.1. The molecule has 0 aliphatic rings. The van der Waals surface area contributed by atoms with Gasteiger partial charge >= 0.3 is 0 Å². The Kier molecular flexibility index (Phi) is 3.59. The van der Waals surface area contributed by atoms with Crippen LogP contribution in [-0.4, -0.2) is 16.4 Å². The fraction of sp³-hybridized carbons (Fsp3) is 0.385. The van der Waals surface area contributed by atoms with Gasteiger partial charge < -0.3 is 5.32 Å². The van der Waals surface area contributed by atoms with Gasteiger partial charge in [-0.05, 0) is 26.3 Å². The number of nitrogens with one attached hydrogen (secondary N) is 1. The lowest BCUT2D eigenvalue weighted by molar-refractivity contribution is 0.0915. The maximum Gasteiger partial charge on any atom is 0.261 e. The van der Waals surface area contributed by atoms with Crippen LogP contribution in [-0.2, 0) is 0 Å². The Labute approximate surface area is 115 Å². The summed E-state index contributed by atoms with van der Waals surface area (Å²) in [4.78, 5) is 16.8. The third-order valence-corrected chi connectivity index (χ3v) is 4.33. The maximum absolute atomic E-state index is 12.1. The lowest BCUT2D eigenvalue weighted by atomic mass is 10.0. The highest BCUT2D eigenvalue weighted by Crippen LogP contribution is 2.30. The highest BCUT2D eigenvalue weighted by atomic mass is 35.5. The largest absolute Gasteiger partial charge is 0.346 e. The van der Waals surface area contributed by atoms with E-state index in [0.717, 1.165) is 16.5 Å². The molecule has 1 amide bonds. The number of aromatic nitrogens is 1. The molecule has 0 fully saturated rings. The zero-order valence-corrected chi connectivity index (χ0v) is 12.2. The molecule has 1 N–H and O–H groups in total. The van der Waals surface area contributed by atoms with E-state index >= 15 is 0 Å². The molecule has 0 aromatic carbocycles. The number of thiophene rings is 1. The first-order valence-corrected chi connectivity index (χ1v) is 6.98. The van der Waals surface area contributed by atoms with Gasteiger partial charge in [0.1, 0.15) is 0 Å².